The lowest BCUT2D eigenvalue weighted by molar-refractivity contribution is -0.121. The van der Waals surface area contributed by atoms with Gasteiger partial charge in [0.25, 0.3) is 0 Å². The van der Waals surface area contributed by atoms with Gasteiger partial charge in [-0.1, -0.05) is 31.2 Å². The van der Waals surface area contributed by atoms with Crippen molar-refractivity contribution in [3.8, 4) is 11.5 Å². The molecule has 6 heteroatoms. The van der Waals surface area contributed by atoms with Crippen molar-refractivity contribution in [3.63, 3.8) is 0 Å². The molecule has 3 rings (SSSR count). The van der Waals surface area contributed by atoms with Gasteiger partial charge in [-0.15, -0.1) is 0 Å². The summed E-state index contributed by atoms with van der Waals surface area (Å²) in [7, 11) is 0. The molecule has 0 spiro atoms. The number of anilines is 1. The van der Waals surface area contributed by atoms with Crippen LogP contribution in [0, 0.1) is 0 Å². The minimum Gasteiger partial charge on any atom is -0.486 e. The van der Waals surface area contributed by atoms with Crippen molar-refractivity contribution in [2.45, 2.75) is 32.6 Å². The lowest BCUT2D eigenvalue weighted by atomic mass is 10.1. The Bertz CT molecular complexity index is 818. The van der Waals surface area contributed by atoms with E-state index in [4.69, 9.17) is 9.47 Å². The number of hydrogen-bond donors (Lipinski definition) is 2. The van der Waals surface area contributed by atoms with E-state index in [2.05, 4.69) is 41.8 Å². The number of benzene rings is 2. The number of amides is 2. The fraction of sp³-hybridized carbons (Fsp3) is 0.364. The highest BCUT2D eigenvalue weighted by molar-refractivity contribution is 5.91. The summed E-state index contributed by atoms with van der Waals surface area (Å²) in [5, 5.41) is 5.61. The molecule has 148 valence electrons. The summed E-state index contributed by atoms with van der Waals surface area (Å²) >= 11 is 0. The van der Waals surface area contributed by atoms with Gasteiger partial charge in [-0.3, -0.25) is 9.59 Å². The van der Waals surface area contributed by atoms with Crippen molar-refractivity contribution in [2.75, 3.05) is 25.1 Å². The SMILES string of the molecule is CCc1ccc(CCC(=O)NCCC(=O)Nc2ccc3c(c2)OCCO3)cc1. The molecule has 2 amide bonds. The molecule has 0 fully saturated rings. The minimum absolute atomic E-state index is 0.0494. The van der Waals surface area contributed by atoms with E-state index in [0.29, 0.717) is 49.8 Å². The van der Waals surface area contributed by atoms with E-state index >= 15 is 0 Å². The van der Waals surface area contributed by atoms with Gasteiger partial charge >= 0.3 is 0 Å². The van der Waals surface area contributed by atoms with Gasteiger partial charge in [-0.2, -0.15) is 0 Å². The van der Waals surface area contributed by atoms with Crippen LogP contribution in [-0.4, -0.2) is 31.6 Å². The minimum atomic E-state index is -0.160. The average molecular weight is 382 g/mol. The first-order chi connectivity index (χ1) is 13.6. The maximum absolute atomic E-state index is 12.1. The molecule has 0 atom stereocenters. The van der Waals surface area contributed by atoms with Crippen molar-refractivity contribution >= 4 is 17.5 Å². The fourth-order valence-electron chi connectivity index (χ4n) is 2.95. The maximum Gasteiger partial charge on any atom is 0.226 e. The fourth-order valence-corrected chi connectivity index (χ4v) is 2.95. The molecule has 0 aromatic heterocycles. The molecule has 0 aliphatic carbocycles. The molecule has 1 aliphatic rings. The highest BCUT2D eigenvalue weighted by Crippen LogP contribution is 2.32. The van der Waals surface area contributed by atoms with Crippen LogP contribution in [0.3, 0.4) is 0 Å². The third-order valence-electron chi connectivity index (χ3n) is 4.57. The molecule has 0 saturated heterocycles. The van der Waals surface area contributed by atoms with E-state index in [1.165, 1.54) is 5.56 Å². The van der Waals surface area contributed by atoms with Crippen LogP contribution >= 0.6 is 0 Å². The van der Waals surface area contributed by atoms with Crippen molar-refractivity contribution in [2.24, 2.45) is 0 Å². The molecule has 6 nitrogen and oxygen atoms in total. The van der Waals surface area contributed by atoms with Crippen LogP contribution < -0.4 is 20.1 Å². The normalized spacial score (nSPS) is 12.3. The molecule has 0 saturated carbocycles. The van der Waals surface area contributed by atoms with Crippen LogP contribution in [0.25, 0.3) is 0 Å². The van der Waals surface area contributed by atoms with E-state index in [0.717, 1.165) is 12.0 Å². The van der Waals surface area contributed by atoms with Crippen LogP contribution in [0.4, 0.5) is 5.69 Å². The van der Waals surface area contributed by atoms with Gasteiger partial charge in [-0.05, 0) is 36.1 Å². The molecule has 28 heavy (non-hydrogen) atoms. The van der Waals surface area contributed by atoms with E-state index in [9.17, 15) is 9.59 Å². The predicted molar refractivity (Wildman–Crippen MR) is 108 cm³/mol. The average Bonchev–Trinajstić information content (AvgIpc) is 2.72. The first-order valence-electron chi connectivity index (χ1n) is 9.68. The largest absolute Gasteiger partial charge is 0.486 e. The van der Waals surface area contributed by atoms with Gasteiger partial charge < -0.3 is 20.1 Å². The van der Waals surface area contributed by atoms with Gasteiger partial charge in [-0.25, -0.2) is 0 Å². The molecular formula is C22H26N2O4. The molecule has 0 radical (unpaired) electrons. The summed E-state index contributed by atoms with van der Waals surface area (Å²) in [6.45, 7) is 3.46. The van der Waals surface area contributed by atoms with Crippen LogP contribution in [0.1, 0.15) is 30.9 Å². The smallest absolute Gasteiger partial charge is 0.226 e. The highest BCUT2D eigenvalue weighted by atomic mass is 16.6. The Morgan fingerprint density at radius 3 is 2.36 bits per heavy atom. The Morgan fingerprint density at radius 1 is 0.893 bits per heavy atom. The summed E-state index contributed by atoms with van der Waals surface area (Å²) in [6, 6.07) is 13.6. The number of nitrogens with one attached hydrogen (secondary N) is 2. The van der Waals surface area contributed by atoms with Gasteiger partial charge in [0.1, 0.15) is 13.2 Å². The lowest BCUT2D eigenvalue weighted by Crippen LogP contribution is -2.27. The van der Waals surface area contributed by atoms with Crippen molar-refractivity contribution in [1.82, 2.24) is 5.32 Å². The molecule has 2 aromatic rings. The monoisotopic (exact) mass is 382 g/mol. The number of hydrogen-bond acceptors (Lipinski definition) is 4. The summed E-state index contributed by atoms with van der Waals surface area (Å²) < 4.78 is 11.0. The van der Waals surface area contributed by atoms with Gasteiger partial charge in [0, 0.05) is 31.1 Å². The lowest BCUT2D eigenvalue weighted by Gasteiger charge is -2.19. The standard InChI is InChI=1S/C22H26N2O4/c1-2-16-3-5-17(6-4-16)7-10-21(25)23-12-11-22(26)24-18-8-9-19-20(15-18)28-14-13-27-19/h3-6,8-9,15H,2,7,10-14H2,1H3,(H,23,25)(H,24,26). The Labute approximate surface area is 165 Å². The predicted octanol–water partition coefficient (Wildman–Crippen LogP) is 3.10. The molecular weight excluding hydrogens is 356 g/mol. The first-order valence-corrected chi connectivity index (χ1v) is 9.68. The molecule has 2 N–H and O–H groups in total. The molecule has 0 bridgehead atoms. The zero-order valence-electron chi connectivity index (χ0n) is 16.1. The van der Waals surface area contributed by atoms with E-state index in [1.54, 1.807) is 18.2 Å². The van der Waals surface area contributed by atoms with Gasteiger partial charge in [0.15, 0.2) is 11.5 Å². The summed E-state index contributed by atoms with van der Waals surface area (Å²) in [4.78, 5) is 24.0. The van der Waals surface area contributed by atoms with Crippen molar-refractivity contribution in [3.05, 3.63) is 53.6 Å². The number of ether oxygens (including phenoxy) is 2. The maximum atomic E-state index is 12.1. The molecule has 0 unspecified atom stereocenters. The zero-order valence-corrected chi connectivity index (χ0v) is 16.1. The topological polar surface area (TPSA) is 76.7 Å². The van der Waals surface area contributed by atoms with E-state index < -0.39 is 0 Å². The van der Waals surface area contributed by atoms with Crippen molar-refractivity contribution < 1.29 is 19.1 Å². The zero-order chi connectivity index (χ0) is 19.8. The molecule has 2 aromatic carbocycles. The second-order valence-corrected chi connectivity index (χ2v) is 6.68. The molecule has 1 aliphatic heterocycles. The number of aryl methyl sites for hydroxylation is 2. The second kappa shape index (κ2) is 9.78. The van der Waals surface area contributed by atoms with Crippen LogP contribution in [0.15, 0.2) is 42.5 Å². The number of fused-ring (bicyclic) bond motifs is 1. The van der Waals surface area contributed by atoms with E-state index in [1.807, 2.05) is 0 Å². The van der Waals surface area contributed by atoms with Crippen molar-refractivity contribution in [1.29, 1.82) is 0 Å². The number of rotatable bonds is 8. The summed E-state index contributed by atoms with van der Waals surface area (Å²) in [6.07, 6.45) is 2.33. The summed E-state index contributed by atoms with van der Waals surface area (Å²) in [5.41, 5.74) is 3.08. The third-order valence-corrected chi connectivity index (χ3v) is 4.57. The van der Waals surface area contributed by atoms with Crippen LogP contribution in [0.2, 0.25) is 0 Å². The Hall–Kier alpha value is -3.02. The van der Waals surface area contributed by atoms with Gasteiger partial charge in [0.05, 0.1) is 0 Å². The number of carbonyl (C=O) groups excluding carboxylic acids is 2. The van der Waals surface area contributed by atoms with Gasteiger partial charge in [0.2, 0.25) is 11.8 Å². The number of carbonyl (C=O) groups is 2. The molecule has 1 heterocycles. The Morgan fingerprint density at radius 2 is 1.61 bits per heavy atom. The second-order valence-electron chi connectivity index (χ2n) is 6.68. The quantitative estimate of drug-likeness (QED) is 0.736. The van der Waals surface area contributed by atoms with E-state index in [-0.39, 0.29) is 18.2 Å². The summed E-state index contributed by atoms with van der Waals surface area (Å²) in [5.74, 6) is 1.10. The first kappa shape index (κ1) is 19.7. The van der Waals surface area contributed by atoms with Crippen LogP contribution in [0.5, 0.6) is 11.5 Å². The Kier molecular flexibility index (Phi) is 6.89. The Balaban J connectivity index is 1.35. The highest BCUT2D eigenvalue weighted by Gasteiger charge is 2.13. The van der Waals surface area contributed by atoms with Crippen LogP contribution in [-0.2, 0) is 22.4 Å². The third kappa shape index (κ3) is 5.74.